The van der Waals surface area contributed by atoms with Crippen LogP contribution in [0.25, 0.3) is 0 Å². The molecule has 27 nitrogen and oxygen atoms in total. The predicted octanol–water partition coefficient (Wildman–Crippen LogP) is -25.9. The van der Waals surface area contributed by atoms with E-state index >= 15 is 0 Å². The fourth-order valence-electron chi connectivity index (χ4n) is 0. The first-order valence-corrected chi connectivity index (χ1v) is 16.5. The van der Waals surface area contributed by atoms with Gasteiger partial charge in [0, 0.05) is 120 Å². The van der Waals surface area contributed by atoms with Crippen molar-refractivity contribution in [2.45, 2.75) is 0 Å². The van der Waals surface area contributed by atoms with Crippen molar-refractivity contribution in [3.05, 3.63) is 0 Å². The number of hydrogen-bond donors (Lipinski definition) is 0. The summed E-state index contributed by atoms with van der Waals surface area (Å²) in [6, 6.07) is 0. The molecule has 0 aliphatic heterocycles. The van der Waals surface area contributed by atoms with Gasteiger partial charge in [-0.25, -0.2) is 0 Å². The molecule has 0 unspecified atom stereocenters. The average molecular weight is 969 g/mol. The van der Waals surface area contributed by atoms with Crippen LogP contribution in [0.5, 0.6) is 0 Å². The van der Waals surface area contributed by atoms with Crippen LogP contribution in [-0.4, -0.2) is 82.5 Å². The molecule has 0 saturated heterocycles. The van der Waals surface area contributed by atoms with Crippen molar-refractivity contribution in [3.8, 4) is 0 Å². The number of hydrogen-bond acceptors (Lipinski definition) is 27. The molecule has 226 valence electrons. The molecule has 40 heavy (non-hydrogen) atoms. The zero-order valence-corrected chi connectivity index (χ0v) is 34.1. The van der Waals surface area contributed by atoms with Gasteiger partial charge in [-0.3, -0.25) is 0 Å². The van der Waals surface area contributed by atoms with Gasteiger partial charge in [-0.2, -0.15) is 0 Å². The van der Waals surface area contributed by atoms with Crippen LogP contribution < -0.4 is 86.3 Å². The second-order valence-corrected chi connectivity index (χ2v) is 6.75. The van der Waals surface area contributed by atoms with Gasteiger partial charge in [0.05, 0.1) is 0 Å². The van der Waals surface area contributed by atoms with Crippen LogP contribution in [0.4, 0.5) is 0 Å². The minimum Gasteiger partial charge on any atom is -0.672 e. The smallest absolute Gasteiger partial charge is 0.672 e. The molecule has 0 bridgehead atoms. The first-order chi connectivity index (χ1) is 15.6. The fraction of sp³-hybridized carbons (Fsp3) is 0. The maximum atomic E-state index is 8.52. The van der Waals surface area contributed by atoms with E-state index in [0.717, 1.165) is 0 Å². The van der Waals surface area contributed by atoms with Crippen molar-refractivity contribution in [3.63, 3.8) is 0 Å². The van der Waals surface area contributed by atoms with Crippen LogP contribution in [0, 0.1) is 0 Å². The molecule has 0 rings (SSSR count). The number of rotatable bonds is 0. The van der Waals surface area contributed by atoms with E-state index in [1.54, 1.807) is 0 Å². The standard InChI is InChI=1S/9O3Si.2V.2Zr/c9*1-4(2)3;;;;/q9*-2;;;2*+4. The fourth-order valence-corrected chi connectivity index (χ4v) is 0. The van der Waals surface area contributed by atoms with Crippen LogP contribution in [-0.2, 0) is 130 Å². The van der Waals surface area contributed by atoms with Crippen molar-refractivity contribution in [1.82, 2.24) is 0 Å². The van der Waals surface area contributed by atoms with Crippen molar-refractivity contribution in [2.24, 2.45) is 0 Å². The van der Waals surface area contributed by atoms with Gasteiger partial charge < -0.3 is 126 Å². The Hall–Kier alpha value is -0.513. The van der Waals surface area contributed by atoms with E-state index in [4.69, 9.17) is 126 Å². The zero-order valence-electron chi connectivity index (χ0n) is 17.4. The molecular formula is O27Si9V2Zr2-10. The van der Waals surface area contributed by atoms with Gasteiger partial charge in [-0.15, -0.1) is 0 Å². The molecule has 0 aliphatic carbocycles. The normalized spacial score (nSPS) is 5.40. The van der Waals surface area contributed by atoms with E-state index in [0.29, 0.717) is 0 Å². The Morgan fingerprint density at radius 3 is 0.200 bits per heavy atom. The second kappa shape index (κ2) is 77.1. The van der Waals surface area contributed by atoms with E-state index in [9.17, 15) is 0 Å². The molecule has 0 aromatic carbocycles. The molecular weight excluding hydrogens is 969 g/mol. The first-order valence-electron chi connectivity index (χ1n) is 5.51. The van der Waals surface area contributed by atoms with Crippen LogP contribution in [0.2, 0.25) is 0 Å². The Bertz CT molecular complexity index is 430. The van der Waals surface area contributed by atoms with E-state index in [-0.39, 0.29) is 89.5 Å². The third-order valence-corrected chi connectivity index (χ3v) is 0. The molecule has 0 N–H and O–H groups in total. The molecule has 0 aromatic heterocycles. The van der Waals surface area contributed by atoms with Crippen molar-refractivity contribution in [2.75, 3.05) is 0 Å². The molecule has 0 aliphatic rings. The molecule has 0 heterocycles. The monoisotopic (exact) mass is 965 g/mol. The van der Waals surface area contributed by atoms with Gasteiger partial charge in [0.25, 0.3) is 0 Å². The quantitative estimate of drug-likeness (QED) is 0.203. The van der Waals surface area contributed by atoms with Gasteiger partial charge in [0.15, 0.2) is 0 Å². The van der Waals surface area contributed by atoms with Crippen molar-refractivity contribution < 1.29 is 216 Å². The van der Waals surface area contributed by atoms with Crippen LogP contribution >= 0.6 is 0 Å². The predicted molar refractivity (Wildman–Crippen MR) is 58.0 cm³/mol. The second-order valence-electron chi connectivity index (χ2n) is 2.25. The molecule has 0 fully saturated rings. The van der Waals surface area contributed by atoms with Gasteiger partial charge in [0.2, 0.25) is 0 Å². The first kappa shape index (κ1) is 83.4. The van der Waals surface area contributed by atoms with E-state index in [1.165, 1.54) is 0 Å². The summed E-state index contributed by atoms with van der Waals surface area (Å²) in [6.07, 6.45) is 0. The Morgan fingerprint density at radius 2 is 0.200 bits per heavy atom. The summed E-state index contributed by atoms with van der Waals surface area (Å²) in [5.74, 6) is 0. The van der Waals surface area contributed by atoms with Crippen molar-refractivity contribution in [1.29, 1.82) is 0 Å². The van der Waals surface area contributed by atoms with Gasteiger partial charge >= 0.3 is 52.4 Å². The molecule has 40 heteroatoms. The summed E-state index contributed by atoms with van der Waals surface area (Å²) >= 11 is 0. The topological polar surface area (TPSA) is 569 Å². The Kier molecular flexibility index (Phi) is 161. The summed E-state index contributed by atoms with van der Waals surface area (Å²) in [5.41, 5.74) is 0. The largest absolute Gasteiger partial charge is 4.00 e. The third kappa shape index (κ3) is 190000. The minimum absolute atomic E-state index is 0. The summed E-state index contributed by atoms with van der Waals surface area (Å²) < 4.78 is 76.7. The Balaban J connectivity index is -0.0000000184. The summed E-state index contributed by atoms with van der Waals surface area (Å²) in [7, 11) is -32.7. The summed E-state index contributed by atoms with van der Waals surface area (Å²) in [5, 5.41) is 0. The Labute approximate surface area is 295 Å². The van der Waals surface area contributed by atoms with Gasteiger partial charge in [0.1, 0.15) is 0 Å². The van der Waals surface area contributed by atoms with Gasteiger partial charge in [-0.05, 0) is 0 Å². The third-order valence-electron chi connectivity index (χ3n) is 0. The van der Waals surface area contributed by atoms with E-state index < -0.39 is 82.5 Å². The minimum atomic E-state index is -3.63. The summed E-state index contributed by atoms with van der Waals surface area (Å²) in [4.78, 5) is 153. The SMILES string of the molecule is O=[Si]([O-])[O-].O=[Si]([O-])[O-].O=[Si]([O-])[O-].O=[Si]([O-])[O-].O=[Si]([O-])[O-].O=[Si]([O-])[O-].O=[Si]([O-])[O-].O=[Si]([O-])[O-].O=[Si]([O-])[O-].[V].[V].[Zr+4].[Zr+4]. The molecule has 0 atom stereocenters. The average Bonchev–Trinajstić information content (AvgIpc) is 2.39. The van der Waals surface area contributed by atoms with Gasteiger partial charge in [-0.1, -0.05) is 0 Å². The molecule has 0 spiro atoms. The maximum Gasteiger partial charge on any atom is 4.00 e. The summed E-state index contributed by atoms with van der Waals surface area (Å²) in [6.45, 7) is 0. The molecule has 0 amide bonds. The van der Waals surface area contributed by atoms with E-state index in [1.807, 2.05) is 0 Å². The van der Waals surface area contributed by atoms with Crippen LogP contribution in [0.3, 0.4) is 0 Å². The zero-order chi connectivity index (χ0) is 32.2. The molecule has 2 radical (unpaired) electrons. The van der Waals surface area contributed by atoms with E-state index in [2.05, 4.69) is 0 Å². The molecule has 0 saturated carbocycles. The molecule has 0 aromatic rings. The maximum absolute atomic E-state index is 8.52. The van der Waals surface area contributed by atoms with Crippen LogP contribution in [0.15, 0.2) is 0 Å². The Morgan fingerprint density at radius 1 is 0.200 bits per heavy atom. The van der Waals surface area contributed by atoms with Crippen LogP contribution in [0.1, 0.15) is 0 Å². The van der Waals surface area contributed by atoms with Crippen molar-refractivity contribution >= 4 is 82.5 Å².